The van der Waals surface area contributed by atoms with Crippen LogP contribution in [0.4, 0.5) is 0 Å². The fraction of sp³-hybridized carbons (Fsp3) is 0.348. The first-order chi connectivity index (χ1) is 15.9. The zero-order valence-electron chi connectivity index (χ0n) is 18.0. The van der Waals surface area contributed by atoms with Crippen molar-refractivity contribution >= 4 is 38.1 Å². The molecule has 1 heterocycles. The number of hydrogen-bond donors (Lipinski definition) is 3. The molecule has 0 spiro atoms. The smallest absolute Gasteiger partial charge is 0.261 e. The van der Waals surface area contributed by atoms with Crippen molar-refractivity contribution in [2.24, 2.45) is 0 Å². The lowest BCUT2D eigenvalue weighted by atomic mass is 9.96. The Morgan fingerprint density at radius 2 is 1.91 bits per heavy atom. The van der Waals surface area contributed by atoms with Gasteiger partial charge in [0.25, 0.3) is 5.91 Å². The van der Waals surface area contributed by atoms with Gasteiger partial charge < -0.3 is 8.97 Å². The maximum Gasteiger partial charge on any atom is 0.261 e. The third-order valence-corrected chi connectivity index (χ3v) is 8.58. The van der Waals surface area contributed by atoms with Crippen LogP contribution in [-0.2, 0) is 44.6 Å². The van der Waals surface area contributed by atoms with Gasteiger partial charge in [-0.15, -0.1) is 0 Å². The highest BCUT2D eigenvalue weighted by Gasteiger charge is 2.28. The highest BCUT2D eigenvalue weighted by atomic mass is 32.2. The summed E-state index contributed by atoms with van der Waals surface area (Å²) in [6, 6.07) is 12.6. The van der Waals surface area contributed by atoms with E-state index in [0.29, 0.717) is 11.3 Å². The van der Waals surface area contributed by atoms with Gasteiger partial charge in [-0.25, -0.2) is 13.9 Å². The second kappa shape index (κ2) is 10.3. The lowest BCUT2D eigenvalue weighted by molar-refractivity contribution is -0.130. The molecule has 10 heteroatoms. The molecule has 1 amide bonds. The highest BCUT2D eigenvalue weighted by molar-refractivity contribution is 7.90. The van der Waals surface area contributed by atoms with Crippen molar-refractivity contribution in [2.45, 2.75) is 48.8 Å². The highest BCUT2D eigenvalue weighted by Crippen LogP contribution is 2.33. The van der Waals surface area contributed by atoms with E-state index in [-0.39, 0.29) is 17.1 Å². The van der Waals surface area contributed by atoms with Gasteiger partial charge in [-0.05, 0) is 42.6 Å². The molecule has 1 aliphatic carbocycles. The quantitative estimate of drug-likeness (QED) is 0.240. The summed E-state index contributed by atoms with van der Waals surface area (Å²) >= 11 is -1.31. The van der Waals surface area contributed by atoms with Crippen molar-refractivity contribution < 1.29 is 27.4 Å². The van der Waals surface area contributed by atoms with E-state index in [0.717, 1.165) is 48.0 Å². The maximum absolute atomic E-state index is 13.0. The lowest BCUT2D eigenvalue weighted by Gasteiger charge is -2.18. The first-order valence-corrected chi connectivity index (χ1v) is 13.7. The Balaban J connectivity index is 1.47. The van der Waals surface area contributed by atoms with Gasteiger partial charge in [0.2, 0.25) is 10.0 Å². The number of benzene rings is 2. The minimum atomic E-state index is -4.10. The van der Waals surface area contributed by atoms with E-state index in [4.69, 9.17) is 9.62 Å². The Hall–Kier alpha value is -2.37. The monoisotopic (exact) mass is 490 g/mol. The normalized spacial score (nSPS) is 15.7. The molecule has 33 heavy (non-hydrogen) atoms. The van der Waals surface area contributed by atoms with Crippen LogP contribution in [0.5, 0.6) is 0 Å². The molecule has 0 bridgehead atoms. The van der Waals surface area contributed by atoms with E-state index in [9.17, 15) is 17.8 Å². The fourth-order valence-corrected chi connectivity index (χ4v) is 6.52. The summed E-state index contributed by atoms with van der Waals surface area (Å²) in [5.74, 6) is 0.363. The summed E-state index contributed by atoms with van der Waals surface area (Å²) in [7, 11) is -4.10. The molecule has 0 radical (unpaired) electrons. The number of nitrogens with one attached hydrogen (secondary N) is 2. The summed E-state index contributed by atoms with van der Waals surface area (Å²) in [4.78, 5) is 12.1. The Morgan fingerprint density at radius 1 is 1.15 bits per heavy atom. The fourth-order valence-electron chi connectivity index (χ4n) is 4.07. The first-order valence-electron chi connectivity index (χ1n) is 10.8. The Bertz CT molecular complexity index is 1230. The third-order valence-electron chi connectivity index (χ3n) is 5.77. The average molecular weight is 491 g/mol. The number of aryl methyl sites for hydroxylation is 2. The Labute approximate surface area is 195 Å². The molecule has 3 aromatic rings. The summed E-state index contributed by atoms with van der Waals surface area (Å²) in [6.45, 7) is 0. The number of furan rings is 1. The van der Waals surface area contributed by atoms with Crippen molar-refractivity contribution in [1.29, 1.82) is 0 Å². The molecule has 4 rings (SSSR count). The number of hydroxylamine groups is 1. The van der Waals surface area contributed by atoms with E-state index in [1.165, 1.54) is 17.6 Å². The average Bonchev–Trinajstić information content (AvgIpc) is 3.20. The number of rotatable bonds is 9. The molecule has 0 saturated carbocycles. The summed E-state index contributed by atoms with van der Waals surface area (Å²) < 4.78 is 46.6. The number of sulfonamides is 1. The molecule has 0 saturated heterocycles. The molecule has 2 atom stereocenters. The van der Waals surface area contributed by atoms with Crippen molar-refractivity contribution in [3.05, 3.63) is 65.4 Å². The summed E-state index contributed by atoms with van der Waals surface area (Å²) in [5, 5.41) is 9.99. The van der Waals surface area contributed by atoms with E-state index in [1.54, 1.807) is 6.07 Å². The molecule has 1 aliphatic rings. The Morgan fingerprint density at radius 3 is 2.67 bits per heavy atom. The van der Waals surface area contributed by atoms with Crippen LogP contribution in [0.25, 0.3) is 11.0 Å². The molecule has 1 aromatic heterocycles. The van der Waals surface area contributed by atoms with Crippen molar-refractivity contribution in [2.75, 3.05) is 5.75 Å². The second-order valence-corrected chi connectivity index (χ2v) is 11.4. The van der Waals surface area contributed by atoms with Crippen LogP contribution in [0.1, 0.15) is 36.1 Å². The number of carbonyl (C=O) groups is 1. The van der Waals surface area contributed by atoms with Crippen LogP contribution in [0.3, 0.4) is 0 Å². The van der Waals surface area contributed by atoms with Crippen molar-refractivity contribution in [1.82, 2.24) is 10.2 Å². The first kappa shape index (κ1) is 23.8. The van der Waals surface area contributed by atoms with Gasteiger partial charge in [-0.1, -0.05) is 30.3 Å². The third kappa shape index (κ3) is 5.59. The number of fused-ring (bicyclic) bond motifs is 3. The van der Waals surface area contributed by atoms with Gasteiger partial charge in [-0.2, -0.15) is 4.72 Å². The van der Waals surface area contributed by atoms with Crippen molar-refractivity contribution in [3.63, 3.8) is 0 Å². The summed E-state index contributed by atoms with van der Waals surface area (Å²) in [5.41, 5.74) is 4.00. The van der Waals surface area contributed by atoms with E-state index >= 15 is 0 Å². The van der Waals surface area contributed by atoms with Gasteiger partial charge >= 0.3 is 0 Å². The molecule has 0 aliphatic heterocycles. The maximum atomic E-state index is 13.0. The van der Waals surface area contributed by atoms with Crippen LogP contribution < -0.4 is 10.2 Å². The van der Waals surface area contributed by atoms with Gasteiger partial charge in [0.1, 0.15) is 28.9 Å². The largest absolute Gasteiger partial charge is 0.616 e. The molecule has 8 nitrogen and oxygen atoms in total. The van der Waals surface area contributed by atoms with Gasteiger partial charge in [0.15, 0.2) is 0 Å². The van der Waals surface area contributed by atoms with E-state index < -0.39 is 33.1 Å². The molecule has 0 fully saturated rings. The number of carbonyl (C=O) groups excluding carboxylic acids is 1. The molecular formula is C23H26N2O6S2. The molecule has 3 N–H and O–H groups in total. The predicted molar refractivity (Wildman–Crippen MR) is 125 cm³/mol. The SMILES string of the molecule is O=C(NO)[C@@H](CC[S+]([O-])Cc1ccccc1)NS(=O)(=O)c1ccc2c3c(oc2c1)CCCC3. The van der Waals surface area contributed by atoms with Gasteiger partial charge in [0.05, 0.1) is 4.90 Å². The molecular weight excluding hydrogens is 464 g/mol. The topological polar surface area (TPSA) is 132 Å². The van der Waals surface area contributed by atoms with Crippen LogP contribution in [0.15, 0.2) is 57.8 Å². The minimum Gasteiger partial charge on any atom is -0.616 e. The molecule has 2 aromatic carbocycles. The van der Waals surface area contributed by atoms with E-state index in [1.807, 2.05) is 30.3 Å². The zero-order valence-corrected chi connectivity index (χ0v) is 19.6. The summed E-state index contributed by atoms with van der Waals surface area (Å²) in [6.07, 6.45) is 3.83. The van der Waals surface area contributed by atoms with Crippen LogP contribution in [0, 0.1) is 0 Å². The zero-order chi connectivity index (χ0) is 23.4. The predicted octanol–water partition coefficient (Wildman–Crippen LogP) is 2.80. The van der Waals surface area contributed by atoms with Crippen LogP contribution in [0.2, 0.25) is 0 Å². The van der Waals surface area contributed by atoms with Crippen LogP contribution >= 0.6 is 0 Å². The number of amides is 1. The van der Waals surface area contributed by atoms with Gasteiger partial charge in [0, 0.05) is 35.4 Å². The second-order valence-electron chi connectivity index (χ2n) is 8.08. The van der Waals surface area contributed by atoms with Crippen LogP contribution in [-0.4, -0.2) is 35.9 Å². The lowest BCUT2D eigenvalue weighted by Crippen LogP contribution is -2.46. The molecule has 176 valence electrons. The van der Waals surface area contributed by atoms with Gasteiger partial charge in [-0.3, -0.25) is 10.0 Å². The minimum absolute atomic E-state index is 0.0393. The van der Waals surface area contributed by atoms with E-state index in [2.05, 4.69) is 4.72 Å². The number of hydrogen-bond acceptors (Lipinski definition) is 6. The van der Waals surface area contributed by atoms with Crippen molar-refractivity contribution in [3.8, 4) is 0 Å². The standard InChI is InChI=1S/C23H26N2O6S2/c26-23(24-27)20(12-13-32(28)15-16-6-2-1-3-7-16)25-33(29,30)17-10-11-19-18-8-4-5-9-21(18)31-22(19)14-17/h1-3,6-7,10-11,14,20,25,27H,4-5,8-9,12-13,15H2,(H,24,26)/t20-,32?/m1/s1. The molecule has 1 unspecified atom stereocenters. The Kier molecular flexibility index (Phi) is 7.40.